The number of hydrogen-bond donors (Lipinski definition) is 1. The molecule has 0 aliphatic heterocycles. The third-order valence-corrected chi connectivity index (χ3v) is 4.21. The molecule has 1 saturated carbocycles. The van der Waals surface area contributed by atoms with Gasteiger partial charge in [0, 0.05) is 23.4 Å². The second kappa shape index (κ2) is 5.79. The average Bonchev–Trinajstić information content (AvgIpc) is 2.38. The molecule has 1 aromatic rings. The van der Waals surface area contributed by atoms with Crippen molar-refractivity contribution in [2.45, 2.75) is 64.9 Å². The number of aryl methyl sites for hydroxylation is 1. The molecule has 1 fully saturated rings. The summed E-state index contributed by atoms with van der Waals surface area (Å²) in [5.74, 6) is 2.34. The molecule has 3 heteroatoms. The van der Waals surface area contributed by atoms with Gasteiger partial charge in [0.25, 0.3) is 0 Å². The molecule has 1 aliphatic rings. The van der Waals surface area contributed by atoms with Gasteiger partial charge in [-0.25, -0.2) is 9.97 Å². The molecular weight excluding hydrogens is 224 g/mol. The molecular formula is C15H24N2O. The summed E-state index contributed by atoms with van der Waals surface area (Å²) in [5.41, 5.74) is 1.77. The van der Waals surface area contributed by atoms with Gasteiger partial charge >= 0.3 is 0 Å². The van der Waals surface area contributed by atoms with Crippen molar-refractivity contribution < 1.29 is 5.11 Å². The lowest BCUT2D eigenvalue weighted by Crippen LogP contribution is -2.16. The SMILES string of the molecule is CCC1CCCC(c2ncc([C@@H](C)O)c(C)n2)C1. The van der Waals surface area contributed by atoms with Gasteiger partial charge in [-0.3, -0.25) is 0 Å². The highest BCUT2D eigenvalue weighted by Gasteiger charge is 2.24. The minimum absolute atomic E-state index is 0.478. The second-order valence-electron chi connectivity index (χ2n) is 5.58. The largest absolute Gasteiger partial charge is 0.389 e. The maximum absolute atomic E-state index is 9.61. The normalized spacial score (nSPS) is 26.0. The first kappa shape index (κ1) is 13.5. The zero-order valence-electron chi connectivity index (χ0n) is 11.7. The van der Waals surface area contributed by atoms with E-state index in [1.807, 2.05) is 6.92 Å². The average molecular weight is 248 g/mol. The molecule has 3 nitrogen and oxygen atoms in total. The van der Waals surface area contributed by atoms with Crippen molar-refractivity contribution >= 4 is 0 Å². The van der Waals surface area contributed by atoms with Crippen LogP contribution in [0, 0.1) is 12.8 Å². The number of nitrogens with zero attached hydrogens (tertiary/aromatic N) is 2. The van der Waals surface area contributed by atoms with E-state index >= 15 is 0 Å². The van der Waals surface area contributed by atoms with Crippen molar-refractivity contribution in [2.75, 3.05) is 0 Å². The summed E-state index contributed by atoms with van der Waals surface area (Å²) in [7, 11) is 0. The van der Waals surface area contributed by atoms with E-state index in [0.717, 1.165) is 23.0 Å². The fraction of sp³-hybridized carbons (Fsp3) is 0.733. The Labute approximate surface area is 110 Å². The van der Waals surface area contributed by atoms with Crippen molar-refractivity contribution in [3.8, 4) is 0 Å². The highest BCUT2D eigenvalue weighted by molar-refractivity contribution is 5.19. The third kappa shape index (κ3) is 2.89. The summed E-state index contributed by atoms with van der Waals surface area (Å²) in [4.78, 5) is 9.10. The fourth-order valence-corrected chi connectivity index (χ4v) is 3.00. The van der Waals surface area contributed by atoms with Crippen LogP contribution in [0.25, 0.3) is 0 Å². The minimum atomic E-state index is -0.478. The zero-order chi connectivity index (χ0) is 13.1. The topological polar surface area (TPSA) is 46.0 Å². The van der Waals surface area contributed by atoms with Gasteiger partial charge < -0.3 is 5.11 Å². The van der Waals surface area contributed by atoms with E-state index in [2.05, 4.69) is 16.9 Å². The van der Waals surface area contributed by atoms with Crippen LogP contribution in [-0.4, -0.2) is 15.1 Å². The van der Waals surface area contributed by atoms with Crippen LogP contribution in [0.1, 0.15) is 75.1 Å². The Morgan fingerprint density at radius 3 is 2.83 bits per heavy atom. The molecule has 1 aliphatic carbocycles. The van der Waals surface area contributed by atoms with Crippen LogP contribution < -0.4 is 0 Å². The van der Waals surface area contributed by atoms with Crippen LogP contribution in [0.5, 0.6) is 0 Å². The van der Waals surface area contributed by atoms with Gasteiger partial charge in [0.2, 0.25) is 0 Å². The van der Waals surface area contributed by atoms with Crippen molar-refractivity contribution in [1.82, 2.24) is 9.97 Å². The molecule has 0 bridgehead atoms. The van der Waals surface area contributed by atoms with Crippen LogP contribution >= 0.6 is 0 Å². The zero-order valence-corrected chi connectivity index (χ0v) is 11.7. The molecule has 0 amide bonds. The van der Waals surface area contributed by atoms with E-state index in [0.29, 0.717) is 5.92 Å². The van der Waals surface area contributed by atoms with E-state index in [4.69, 9.17) is 0 Å². The summed E-state index contributed by atoms with van der Waals surface area (Å²) in [6.07, 6.45) is 7.68. The summed E-state index contributed by atoms with van der Waals surface area (Å²) < 4.78 is 0. The fourth-order valence-electron chi connectivity index (χ4n) is 3.00. The lowest BCUT2D eigenvalue weighted by molar-refractivity contribution is 0.197. The Morgan fingerprint density at radius 2 is 2.22 bits per heavy atom. The molecule has 1 aromatic heterocycles. The molecule has 1 N–H and O–H groups in total. The standard InChI is InChI=1S/C15H24N2O/c1-4-12-6-5-7-13(8-12)15-16-9-14(11(3)18)10(2)17-15/h9,11-13,18H,4-8H2,1-3H3/t11-,12?,13?/m1/s1. The van der Waals surface area contributed by atoms with Crippen LogP contribution in [0.3, 0.4) is 0 Å². The van der Waals surface area contributed by atoms with Crippen molar-refractivity contribution in [3.63, 3.8) is 0 Å². The first-order chi connectivity index (χ1) is 8.61. The first-order valence-corrected chi connectivity index (χ1v) is 7.13. The molecule has 2 unspecified atom stereocenters. The molecule has 0 spiro atoms. The Balaban J connectivity index is 2.16. The summed E-state index contributed by atoms with van der Waals surface area (Å²) in [5, 5.41) is 9.61. The summed E-state index contributed by atoms with van der Waals surface area (Å²) >= 11 is 0. The number of aliphatic hydroxyl groups is 1. The lowest BCUT2D eigenvalue weighted by atomic mass is 9.80. The van der Waals surface area contributed by atoms with Crippen LogP contribution in [0.15, 0.2) is 6.20 Å². The summed E-state index contributed by atoms with van der Waals surface area (Å²) in [6, 6.07) is 0. The molecule has 0 saturated heterocycles. The Morgan fingerprint density at radius 1 is 1.44 bits per heavy atom. The van der Waals surface area contributed by atoms with Gasteiger partial charge in [-0.05, 0) is 32.6 Å². The predicted octanol–water partition coefficient (Wildman–Crippen LogP) is 3.52. The van der Waals surface area contributed by atoms with E-state index in [9.17, 15) is 5.11 Å². The van der Waals surface area contributed by atoms with Crippen molar-refractivity contribution in [1.29, 1.82) is 0 Å². The van der Waals surface area contributed by atoms with E-state index in [-0.39, 0.29) is 0 Å². The number of hydrogen-bond acceptors (Lipinski definition) is 3. The van der Waals surface area contributed by atoms with E-state index < -0.39 is 6.10 Å². The molecule has 2 rings (SSSR count). The number of rotatable bonds is 3. The van der Waals surface area contributed by atoms with E-state index in [1.165, 1.54) is 32.1 Å². The van der Waals surface area contributed by atoms with Crippen molar-refractivity contribution in [2.24, 2.45) is 5.92 Å². The van der Waals surface area contributed by atoms with Gasteiger partial charge in [-0.15, -0.1) is 0 Å². The smallest absolute Gasteiger partial charge is 0.131 e. The highest BCUT2D eigenvalue weighted by atomic mass is 16.3. The first-order valence-electron chi connectivity index (χ1n) is 7.13. The molecule has 1 heterocycles. The number of aliphatic hydroxyl groups excluding tert-OH is 1. The predicted molar refractivity (Wildman–Crippen MR) is 72.4 cm³/mol. The van der Waals surface area contributed by atoms with Gasteiger partial charge in [0.05, 0.1) is 6.10 Å². The van der Waals surface area contributed by atoms with Crippen LogP contribution in [-0.2, 0) is 0 Å². The highest BCUT2D eigenvalue weighted by Crippen LogP contribution is 2.36. The Kier molecular flexibility index (Phi) is 4.33. The lowest BCUT2D eigenvalue weighted by Gasteiger charge is -2.27. The molecule has 3 atom stereocenters. The molecule has 18 heavy (non-hydrogen) atoms. The molecule has 0 aromatic carbocycles. The van der Waals surface area contributed by atoms with Gasteiger partial charge in [-0.1, -0.05) is 26.2 Å². The Bertz CT molecular complexity index is 403. The molecule has 0 radical (unpaired) electrons. The minimum Gasteiger partial charge on any atom is -0.389 e. The monoisotopic (exact) mass is 248 g/mol. The Hall–Kier alpha value is -0.960. The van der Waals surface area contributed by atoms with Gasteiger partial charge in [0.15, 0.2) is 0 Å². The van der Waals surface area contributed by atoms with Crippen molar-refractivity contribution in [3.05, 3.63) is 23.3 Å². The van der Waals surface area contributed by atoms with Gasteiger partial charge in [0.1, 0.15) is 5.82 Å². The van der Waals surface area contributed by atoms with Crippen LogP contribution in [0.2, 0.25) is 0 Å². The van der Waals surface area contributed by atoms with E-state index in [1.54, 1.807) is 13.1 Å². The maximum Gasteiger partial charge on any atom is 0.131 e. The number of aromatic nitrogens is 2. The quantitative estimate of drug-likeness (QED) is 0.890. The third-order valence-electron chi connectivity index (χ3n) is 4.21. The summed E-state index contributed by atoms with van der Waals surface area (Å²) in [6.45, 7) is 6.00. The maximum atomic E-state index is 9.61. The van der Waals surface area contributed by atoms with Crippen LogP contribution in [0.4, 0.5) is 0 Å². The van der Waals surface area contributed by atoms with Gasteiger partial charge in [-0.2, -0.15) is 0 Å². The second-order valence-corrected chi connectivity index (χ2v) is 5.58. The molecule has 100 valence electrons.